The molecule has 0 spiro atoms. The summed E-state index contributed by atoms with van der Waals surface area (Å²) < 4.78 is 0. The third kappa shape index (κ3) is 8.22. The van der Waals surface area contributed by atoms with Crippen molar-refractivity contribution in [2.45, 2.75) is 83.5 Å². The molecule has 3 atom stereocenters. The van der Waals surface area contributed by atoms with E-state index in [0.717, 1.165) is 50.7 Å². The molecular formula is C36H52ClN5O2. The van der Waals surface area contributed by atoms with Crippen LogP contribution in [0.15, 0.2) is 48.5 Å². The van der Waals surface area contributed by atoms with Gasteiger partial charge in [-0.15, -0.1) is 0 Å². The number of hydrogen-bond acceptors (Lipinski definition) is 5. The van der Waals surface area contributed by atoms with E-state index in [9.17, 15) is 9.59 Å². The standard InChI is InChI=1S/C36H52ClN5O2/c1-4-40(5-2)26-34(28-11-7-6-8-12-28)41-19-21-42(22-20-41)36(44)32(23-27-15-17-30(37)18-16-27)38-35(43)24-33-31-14-10-9-13-29(31)25-39(33)3/h9-10,13-18,28,32-34H,4-8,11-12,19-26H2,1-3H3,(H,38,43). The molecule has 0 aromatic heterocycles. The van der Waals surface area contributed by atoms with Gasteiger partial charge in [-0.3, -0.25) is 19.4 Å². The van der Waals surface area contributed by atoms with Gasteiger partial charge in [-0.05, 0) is 67.7 Å². The number of carbonyl (C=O) groups is 2. The van der Waals surface area contributed by atoms with Gasteiger partial charge in [0.05, 0.1) is 0 Å². The molecule has 1 N–H and O–H groups in total. The summed E-state index contributed by atoms with van der Waals surface area (Å²) in [6, 6.07) is 15.9. The minimum absolute atomic E-state index is 0.0172. The Morgan fingerprint density at radius 2 is 1.64 bits per heavy atom. The lowest BCUT2D eigenvalue weighted by molar-refractivity contribution is -0.138. The number of fused-ring (bicyclic) bond motifs is 1. The van der Waals surface area contributed by atoms with Crippen molar-refractivity contribution in [3.63, 3.8) is 0 Å². The SMILES string of the molecule is CCN(CC)CC(C1CCCCC1)N1CCN(C(=O)C(Cc2ccc(Cl)cc2)NC(=O)CC2c3ccccc3CN2C)CC1. The largest absolute Gasteiger partial charge is 0.344 e. The van der Waals surface area contributed by atoms with Gasteiger partial charge in [0.1, 0.15) is 6.04 Å². The van der Waals surface area contributed by atoms with Gasteiger partial charge in [-0.2, -0.15) is 0 Å². The van der Waals surface area contributed by atoms with Gasteiger partial charge < -0.3 is 15.1 Å². The molecule has 8 heteroatoms. The average molecular weight is 622 g/mol. The van der Waals surface area contributed by atoms with Crippen LogP contribution in [-0.2, 0) is 22.6 Å². The van der Waals surface area contributed by atoms with E-state index in [1.807, 2.05) is 35.2 Å². The van der Waals surface area contributed by atoms with E-state index in [1.165, 1.54) is 43.2 Å². The summed E-state index contributed by atoms with van der Waals surface area (Å²) in [5.41, 5.74) is 3.47. The molecular weight excluding hydrogens is 570 g/mol. The Labute approximate surface area is 269 Å². The molecule has 1 saturated heterocycles. The number of rotatable bonds is 12. The number of hydrogen-bond donors (Lipinski definition) is 1. The van der Waals surface area contributed by atoms with Crippen LogP contribution in [0.3, 0.4) is 0 Å². The first-order chi connectivity index (χ1) is 21.4. The van der Waals surface area contributed by atoms with Gasteiger partial charge in [-0.25, -0.2) is 0 Å². The Balaban J connectivity index is 1.25. The Kier molecular flexibility index (Phi) is 11.8. The van der Waals surface area contributed by atoms with E-state index in [4.69, 9.17) is 11.6 Å². The van der Waals surface area contributed by atoms with E-state index in [2.05, 4.69) is 59.1 Å². The van der Waals surface area contributed by atoms with E-state index in [1.54, 1.807) is 0 Å². The minimum atomic E-state index is -0.609. The highest BCUT2D eigenvalue weighted by atomic mass is 35.5. The Morgan fingerprint density at radius 3 is 2.32 bits per heavy atom. The number of piperazine rings is 1. The molecule has 1 aliphatic carbocycles. The summed E-state index contributed by atoms with van der Waals surface area (Å²) in [5.74, 6) is 0.676. The van der Waals surface area contributed by atoms with Gasteiger partial charge >= 0.3 is 0 Å². The summed E-state index contributed by atoms with van der Waals surface area (Å²) >= 11 is 6.15. The zero-order valence-electron chi connectivity index (χ0n) is 27.0. The normalized spacial score (nSPS) is 21.3. The van der Waals surface area contributed by atoms with Gasteiger partial charge in [0.15, 0.2) is 0 Å². The zero-order valence-corrected chi connectivity index (χ0v) is 27.8. The zero-order chi connectivity index (χ0) is 31.1. The lowest BCUT2D eigenvalue weighted by Gasteiger charge is -2.45. The monoisotopic (exact) mass is 621 g/mol. The fourth-order valence-corrected chi connectivity index (χ4v) is 7.82. The number of halogens is 1. The van der Waals surface area contributed by atoms with Crippen molar-refractivity contribution in [1.29, 1.82) is 0 Å². The van der Waals surface area contributed by atoms with Crippen molar-refractivity contribution in [1.82, 2.24) is 24.9 Å². The van der Waals surface area contributed by atoms with Gasteiger partial charge in [-0.1, -0.05) is 81.1 Å². The molecule has 0 bridgehead atoms. The Bertz CT molecular complexity index is 1220. The second-order valence-electron chi connectivity index (χ2n) is 13.1. The number of nitrogens with zero attached hydrogens (tertiary/aromatic N) is 4. The molecule has 2 aromatic rings. The number of likely N-dealkylation sites (N-methyl/N-ethyl adjacent to an activating group) is 1. The molecule has 2 amide bonds. The smallest absolute Gasteiger partial charge is 0.245 e. The van der Waals surface area contributed by atoms with Gasteiger partial charge in [0.25, 0.3) is 0 Å². The van der Waals surface area contributed by atoms with Crippen LogP contribution in [0, 0.1) is 5.92 Å². The van der Waals surface area contributed by atoms with Crippen LogP contribution in [0.5, 0.6) is 0 Å². The molecule has 0 radical (unpaired) electrons. The summed E-state index contributed by atoms with van der Waals surface area (Å²) in [5, 5.41) is 3.84. The Morgan fingerprint density at radius 1 is 0.955 bits per heavy atom. The van der Waals surface area contributed by atoms with Crippen LogP contribution in [0.1, 0.15) is 75.1 Å². The van der Waals surface area contributed by atoms with Gasteiger partial charge in [0.2, 0.25) is 11.8 Å². The average Bonchev–Trinajstić information content (AvgIpc) is 3.36. The number of nitrogens with one attached hydrogen (secondary N) is 1. The fraction of sp³-hybridized carbons (Fsp3) is 0.611. The molecule has 3 unspecified atom stereocenters. The lowest BCUT2D eigenvalue weighted by Crippen LogP contribution is -2.59. The lowest BCUT2D eigenvalue weighted by atomic mass is 9.82. The maximum Gasteiger partial charge on any atom is 0.245 e. The molecule has 1 saturated carbocycles. The summed E-state index contributed by atoms with van der Waals surface area (Å²) in [4.78, 5) is 37.1. The van der Waals surface area contributed by atoms with Crippen molar-refractivity contribution in [2.75, 3.05) is 52.9 Å². The van der Waals surface area contributed by atoms with Crippen molar-refractivity contribution < 1.29 is 9.59 Å². The van der Waals surface area contributed by atoms with Crippen molar-refractivity contribution in [3.8, 4) is 0 Å². The van der Waals surface area contributed by atoms with Crippen LogP contribution in [0.25, 0.3) is 0 Å². The first-order valence-corrected chi connectivity index (χ1v) is 17.3. The molecule has 7 nitrogen and oxygen atoms in total. The van der Waals surface area contributed by atoms with Crippen molar-refractivity contribution in [3.05, 3.63) is 70.2 Å². The topological polar surface area (TPSA) is 59.1 Å². The highest BCUT2D eigenvalue weighted by Gasteiger charge is 2.36. The van der Waals surface area contributed by atoms with E-state index >= 15 is 0 Å². The van der Waals surface area contributed by atoms with Crippen LogP contribution in [0.4, 0.5) is 0 Å². The van der Waals surface area contributed by atoms with Crippen LogP contribution in [-0.4, -0.2) is 96.4 Å². The molecule has 240 valence electrons. The maximum absolute atomic E-state index is 14.1. The van der Waals surface area contributed by atoms with E-state index < -0.39 is 6.04 Å². The first-order valence-electron chi connectivity index (χ1n) is 16.9. The molecule has 2 aliphatic heterocycles. The molecule has 2 fully saturated rings. The second kappa shape index (κ2) is 15.7. The maximum atomic E-state index is 14.1. The summed E-state index contributed by atoms with van der Waals surface area (Å²) in [7, 11) is 2.06. The second-order valence-corrected chi connectivity index (χ2v) is 13.5. The highest BCUT2D eigenvalue weighted by Crippen LogP contribution is 2.34. The summed E-state index contributed by atoms with van der Waals surface area (Å²) in [6.45, 7) is 11.8. The predicted octanol–water partition coefficient (Wildman–Crippen LogP) is 5.38. The van der Waals surface area contributed by atoms with Crippen LogP contribution >= 0.6 is 11.6 Å². The predicted molar refractivity (Wildman–Crippen MR) is 179 cm³/mol. The minimum Gasteiger partial charge on any atom is -0.344 e. The molecule has 2 aromatic carbocycles. The van der Waals surface area contributed by atoms with Crippen molar-refractivity contribution in [2.24, 2.45) is 5.92 Å². The van der Waals surface area contributed by atoms with Gasteiger partial charge in [0, 0.05) is 69.2 Å². The van der Waals surface area contributed by atoms with Crippen LogP contribution in [0.2, 0.25) is 5.02 Å². The number of carbonyl (C=O) groups excluding carboxylic acids is 2. The van der Waals surface area contributed by atoms with Crippen molar-refractivity contribution >= 4 is 23.4 Å². The Hall–Kier alpha value is -2.45. The quantitative estimate of drug-likeness (QED) is 0.345. The van der Waals surface area contributed by atoms with Crippen LogP contribution < -0.4 is 5.32 Å². The number of amides is 2. The molecule has 2 heterocycles. The summed E-state index contributed by atoms with van der Waals surface area (Å²) in [6.07, 6.45) is 7.47. The molecule has 5 rings (SSSR count). The molecule has 3 aliphatic rings. The van der Waals surface area contributed by atoms with E-state index in [0.29, 0.717) is 37.0 Å². The molecule has 44 heavy (non-hydrogen) atoms. The van der Waals surface area contributed by atoms with E-state index in [-0.39, 0.29) is 17.9 Å². The third-order valence-corrected chi connectivity index (χ3v) is 10.6. The first kappa shape index (κ1) is 32.9. The fourth-order valence-electron chi connectivity index (χ4n) is 7.69. The number of benzene rings is 2. The third-order valence-electron chi connectivity index (χ3n) is 10.4. The highest BCUT2D eigenvalue weighted by molar-refractivity contribution is 6.30.